The molecule has 0 N–H and O–H groups in total. The fourth-order valence-electron chi connectivity index (χ4n) is 5.83. The molecule has 7 unspecified atom stereocenters. The normalized spacial score (nSPS) is 19.1. The highest BCUT2D eigenvalue weighted by Gasteiger charge is 2.55. The zero-order valence-electron chi connectivity index (χ0n) is 30.3. The van der Waals surface area contributed by atoms with Crippen LogP contribution >= 0.6 is 0 Å². The number of fused-ring (bicyclic) bond motifs is 3. The Morgan fingerprint density at radius 2 is 0.750 bits per heavy atom. The Balaban J connectivity index is 1.84. The number of carbonyl (C=O) groups is 1. The summed E-state index contributed by atoms with van der Waals surface area (Å²) in [4.78, 5) is 13.2. The first-order valence-electron chi connectivity index (χ1n) is 16.7. The summed E-state index contributed by atoms with van der Waals surface area (Å²) in [5.41, 5.74) is 0. The van der Waals surface area contributed by atoms with Crippen LogP contribution in [0.25, 0.3) is 0 Å². The zero-order valence-corrected chi connectivity index (χ0v) is 30.3. The second-order valence-corrected chi connectivity index (χ2v) is 10.9. The van der Waals surface area contributed by atoms with E-state index < -0.39 is 5.92 Å². The maximum Gasteiger partial charge on any atom is 0.321 e. The standard InChI is InChI=1S/C54H22O2/c1-4-7-10-13-16-19-22-24-27-29-32-35-38-41-48-44-45-49-47(40-37-34-31-28-26-23-20-17-14-11-8-5-2)43-46-50-51(54(55)56-53(50)52(48)49)42-39-36-33-30-25-21-18-15-12-9-6-3/h2,47-53H,43-46H2,1,3H3. The molecule has 7 atom stereocenters. The highest BCUT2D eigenvalue weighted by atomic mass is 16.6. The Kier molecular flexibility index (Phi) is 19.4. The molecule has 0 radical (unpaired) electrons. The zero-order chi connectivity index (χ0) is 39.7. The third kappa shape index (κ3) is 15.3. The van der Waals surface area contributed by atoms with Crippen LogP contribution < -0.4 is 0 Å². The van der Waals surface area contributed by atoms with E-state index in [4.69, 9.17) is 11.2 Å². The van der Waals surface area contributed by atoms with Crippen LogP contribution in [0.3, 0.4) is 0 Å². The van der Waals surface area contributed by atoms with E-state index in [1.54, 1.807) is 13.8 Å². The van der Waals surface area contributed by atoms with E-state index in [0.717, 1.165) is 19.3 Å². The summed E-state index contributed by atoms with van der Waals surface area (Å²) in [5, 5.41) is 0. The molecule has 2 nitrogen and oxygen atoms in total. The fraction of sp³-hybridized carbons (Fsp3) is 0.241. The van der Waals surface area contributed by atoms with Crippen molar-refractivity contribution in [1.29, 1.82) is 0 Å². The molecule has 0 aromatic rings. The van der Waals surface area contributed by atoms with E-state index in [1.807, 2.05) is 0 Å². The van der Waals surface area contributed by atoms with Gasteiger partial charge in [-0.3, -0.25) is 4.79 Å². The summed E-state index contributed by atoms with van der Waals surface area (Å²) in [6.07, 6.45) is 7.75. The van der Waals surface area contributed by atoms with Crippen LogP contribution in [-0.2, 0) is 9.53 Å². The molecular formula is C54H22O2. The van der Waals surface area contributed by atoms with Gasteiger partial charge in [-0.25, -0.2) is 0 Å². The number of rotatable bonds is 0. The highest BCUT2D eigenvalue weighted by Crippen LogP contribution is 2.53. The molecule has 0 spiro atoms. The van der Waals surface area contributed by atoms with Gasteiger partial charge in [-0.15, -0.1) is 6.42 Å². The lowest BCUT2D eigenvalue weighted by atomic mass is 9.76. The van der Waals surface area contributed by atoms with Gasteiger partial charge >= 0.3 is 5.97 Å². The van der Waals surface area contributed by atoms with Gasteiger partial charge in [-0.1, -0.05) is 29.6 Å². The number of terminal acetylenes is 1. The van der Waals surface area contributed by atoms with Crippen molar-refractivity contribution < 1.29 is 9.53 Å². The average Bonchev–Trinajstić information content (AvgIpc) is 3.72. The minimum Gasteiger partial charge on any atom is -0.461 e. The minimum absolute atomic E-state index is 0.00483. The third-order valence-electron chi connectivity index (χ3n) is 7.77. The molecule has 0 aromatic carbocycles. The predicted octanol–water partition coefficient (Wildman–Crippen LogP) is 2.93. The van der Waals surface area contributed by atoms with Gasteiger partial charge in [-0.2, -0.15) is 0 Å². The number of hydrogen-bond acceptors (Lipinski definition) is 2. The molecule has 3 fully saturated rings. The lowest BCUT2D eigenvalue weighted by molar-refractivity contribution is -0.145. The Hall–Kier alpha value is -9.33. The first-order chi connectivity index (χ1) is 27.7. The molecule has 1 heterocycles. The minimum atomic E-state index is -0.637. The van der Waals surface area contributed by atoms with Crippen LogP contribution in [-0.4, -0.2) is 12.1 Å². The molecule has 2 saturated carbocycles. The molecule has 2 heteroatoms. The molecule has 1 aliphatic heterocycles. The van der Waals surface area contributed by atoms with Gasteiger partial charge in [0.05, 0.1) is 0 Å². The summed E-state index contributed by atoms with van der Waals surface area (Å²) in [6, 6.07) is 0. The summed E-state index contributed by atoms with van der Waals surface area (Å²) in [5.74, 6) is 103. The Labute approximate surface area is 332 Å². The van der Waals surface area contributed by atoms with Crippen molar-refractivity contribution in [2.24, 2.45) is 35.5 Å². The van der Waals surface area contributed by atoms with E-state index in [0.29, 0.717) is 6.42 Å². The molecular weight excluding hydrogens is 681 g/mol. The van der Waals surface area contributed by atoms with Crippen molar-refractivity contribution in [1.82, 2.24) is 0 Å². The number of ether oxygens (including phenoxy) is 1. The van der Waals surface area contributed by atoms with Crippen molar-refractivity contribution in [3.05, 3.63) is 0 Å². The molecule has 250 valence electrons. The van der Waals surface area contributed by atoms with Crippen molar-refractivity contribution >= 4 is 5.97 Å². The summed E-state index contributed by atoms with van der Waals surface area (Å²) >= 11 is 0. The van der Waals surface area contributed by atoms with Gasteiger partial charge in [0.25, 0.3) is 0 Å². The van der Waals surface area contributed by atoms with Crippen LogP contribution in [0, 0.1) is 273 Å². The Morgan fingerprint density at radius 3 is 1.18 bits per heavy atom. The first kappa shape index (κ1) is 41.1. The molecule has 56 heavy (non-hydrogen) atoms. The summed E-state index contributed by atoms with van der Waals surface area (Å²) in [7, 11) is 0. The van der Waals surface area contributed by atoms with Crippen molar-refractivity contribution in [2.75, 3.05) is 0 Å². The van der Waals surface area contributed by atoms with E-state index >= 15 is 0 Å². The highest BCUT2D eigenvalue weighted by molar-refractivity contribution is 5.79. The maximum atomic E-state index is 13.2. The fourth-order valence-corrected chi connectivity index (χ4v) is 5.83. The molecule has 0 amide bonds. The maximum absolute atomic E-state index is 13.2. The van der Waals surface area contributed by atoms with Gasteiger partial charge in [-0.05, 0) is 247 Å². The first-order valence-corrected chi connectivity index (χ1v) is 16.7. The van der Waals surface area contributed by atoms with E-state index in [-0.39, 0.29) is 41.7 Å². The predicted molar refractivity (Wildman–Crippen MR) is 217 cm³/mol. The summed E-state index contributed by atoms with van der Waals surface area (Å²) in [6.45, 7) is 3.38. The van der Waals surface area contributed by atoms with Gasteiger partial charge in [0.2, 0.25) is 0 Å². The Bertz CT molecular complexity index is 2950. The average molecular weight is 703 g/mol. The smallest absolute Gasteiger partial charge is 0.321 e. The van der Waals surface area contributed by atoms with Crippen molar-refractivity contribution in [3.63, 3.8) is 0 Å². The monoisotopic (exact) mass is 702 g/mol. The van der Waals surface area contributed by atoms with Crippen molar-refractivity contribution in [3.8, 4) is 237 Å². The number of carbonyl (C=O) groups excluding carboxylic acids is 1. The van der Waals surface area contributed by atoms with Crippen LogP contribution in [0.2, 0.25) is 0 Å². The molecule has 3 rings (SSSR count). The molecule has 2 aliphatic carbocycles. The van der Waals surface area contributed by atoms with E-state index in [1.165, 1.54) is 0 Å². The molecule has 0 bridgehead atoms. The second kappa shape index (κ2) is 26.5. The SMILES string of the molecule is C#CC#CC#CC#CC#CC#CC#CC1CCC2C(C#CC#CC#CC#CC#CC#CC)C(=O)OC2C2C(C#CC#CC#CC#CC#CC#CC#CC)CCC12. The second-order valence-electron chi connectivity index (χ2n) is 10.9. The topological polar surface area (TPSA) is 26.3 Å². The Morgan fingerprint density at radius 1 is 0.411 bits per heavy atom. The number of hydrogen-bond donors (Lipinski definition) is 0. The van der Waals surface area contributed by atoms with Crippen molar-refractivity contribution in [2.45, 2.75) is 45.6 Å². The van der Waals surface area contributed by atoms with E-state index in [2.05, 4.69) is 231 Å². The lowest BCUT2D eigenvalue weighted by Crippen LogP contribution is -2.33. The lowest BCUT2D eigenvalue weighted by Gasteiger charge is -2.29. The van der Waals surface area contributed by atoms with Crippen LogP contribution in [0.5, 0.6) is 0 Å². The van der Waals surface area contributed by atoms with Gasteiger partial charge in [0.15, 0.2) is 0 Å². The molecule has 3 aliphatic rings. The summed E-state index contributed by atoms with van der Waals surface area (Å²) < 4.78 is 6.08. The quantitative estimate of drug-likeness (QED) is 0.287. The third-order valence-corrected chi connectivity index (χ3v) is 7.77. The van der Waals surface area contributed by atoms with E-state index in [9.17, 15) is 4.79 Å². The van der Waals surface area contributed by atoms with Gasteiger partial charge in [0.1, 0.15) is 12.0 Å². The van der Waals surface area contributed by atoms with Crippen LogP contribution in [0.15, 0.2) is 0 Å². The largest absolute Gasteiger partial charge is 0.461 e. The van der Waals surface area contributed by atoms with Crippen LogP contribution in [0.1, 0.15) is 39.5 Å². The number of esters is 1. The van der Waals surface area contributed by atoms with Crippen LogP contribution in [0.4, 0.5) is 0 Å². The molecule has 1 saturated heterocycles. The molecule has 0 aromatic heterocycles. The van der Waals surface area contributed by atoms with Gasteiger partial charge < -0.3 is 4.74 Å². The van der Waals surface area contributed by atoms with Gasteiger partial charge in [0, 0.05) is 23.7 Å².